The van der Waals surface area contributed by atoms with Crippen molar-refractivity contribution in [2.45, 2.75) is 37.8 Å². The highest BCUT2D eigenvalue weighted by molar-refractivity contribution is 5.78. The fourth-order valence-electron chi connectivity index (χ4n) is 2.65. The molecule has 2 aromatic rings. The molecule has 94 valence electrons. The number of aromatic nitrogens is 2. The third kappa shape index (κ3) is 2.43. The number of fused-ring (bicyclic) bond motifs is 1. The lowest BCUT2D eigenvalue weighted by molar-refractivity contribution is 0.409. The lowest BCUT2D eigenvalue weighted by Crippen LogP contribution is -2.34. The Bertz CT molecular complexity index is 540. The summed E-state index contributed by atoms with van der Waals surface area (Å²) < 4.78 is 0. The predicted molar refractivity (Wildman–Crippen MR) is 73.4 cm³/mol. The van der Waals surface area contributed by atoms with E-state index < -0.39 is 0 Å². The molecule has 18 heavy (non-hydrogen) atoms. The molecule has 1 aromatic heterocycles. The Morgan fingerprint density at radius 2 is 1.94 bits per heavy atom. The topological polar surface area (TPSA) is 63.8 Å². The molecule has 0 spiro atoms. The molecule has 3 rings (SSSR count). The molecule has 0 saturated heterocycles. The van der Waals surface area contributed by atoms with Gasteiger partial charge in [0.2, 0.25) is 0 Å². The maximum atomic E-state index is 6.01. The third-order valence-electron chi connectivity index (χ3n) is 3.55. The number of nitrogens with two attached hydrogens (primary N) is 1. The van der Waals surface area contributed by atoms with Gasteiger partial charge in [-0.3, -0.25) is 9.97 Å². The maximum Gasteiger partial charge on any atom is 0.0907 e. The molecule has 1 heterocycles. The first kappa shape index (κ1) is 11.4. The van der Waals surface area contributed by atoms with Crippen LogP contribution in [0.15, 0.2) is 30.6 Å². The van der Waals surface area contributed by atoms with Crippen molar-refractivity contribution in [1.29, 1.82) is 0 Å². The van der Waals surface area contributed by atoms with Gasteiger partial charge >= 0.3 is 0 Å². The smallest absolute Gasteiger partial charge is 0.0907 e. The highest BCUT2D eigenvalue weighted by atomic mass is 14.9. The first-order chi connectivity index (χ1) is 8.81. The molecule has 1 fully saturated rings. The van der Waals surface area contributed by atoms with Crippen molar-refractivity contribution in [3.8, 4) is 0 Å². The lowest BCUT2D eigenvalue weighted by Gasteiger charge is -2.28. The molecular weight excluding hydrogens is 224 g/mol. The van der Waals surface area contributed by atoms with Gasteiger partial charge in [-0.2, -0.15) is 0 Å². The number of nitrogens with one attached hydrogen (secondary N) is 1. The molecule has 1 aromatic carbocycles. The summed E-state index contributed by atoms with van der Waals surface area (Å²) in [6.07, 6.45) is 8.07. The molecule has 1 aliphatic rings. The van der Waals surface area contributed by atoms with Gasteiger partial charge in [0.05, 0.1) is 11.0 Å². The van der Waals surface area contributed by atoms with E-state index in [9.17, 15) is 0 Å². The Morgan fingerprint density at radius 1 is 1.11 bits per heavy atom. The average Bonchev–Trinajstić information content (AvgIpc) is 2.39. The van der Waals surface area contributed by atoms with Gasteiger partial charge in [-0.1, -0.05) is 0 Å². The summed E-state index contributed by atoms with van der Waals surface area (Å²) in [7, 11) is 0. The molecule has 4 nitrogen and oxygen atoms in total. The van der Waals surface area contributed by atoms with Gasteiger partial charge < -0.3 is 11.1 Å². The van der Waals surface area contributed by atoms with Crippen LogP contribution in [0.25, 0.3) is 11.0 Å². The normalized spacial score (nSPS) is 24.1. The van der Waals surface area contributed by atoms with Crippen LogP contribution in [0.2, 0.25) is 0 Å². The van der Waals surface area contributed by atoms with Gasteiger partial charge in [0.15, 0.2) is 0 Å². The molecule has 4 heteroatoms. The fraction of sp³-hybridized carbons (Fsp3) is 0.429. The monoisotopic (exact) mass is 242 g/mol. The van der Waals surface area contributed by atoms with E-state index in [1.807, 2.05) is 6.07 Å². The van der Waals surface area contributed by atoms with Crippen molar-refractivity contribution in [2.75, 3.05) is 5.32 Å². The van der Waals surface area contributed by atoms with E-state index >= 15 is 0 Å². The Balaban J connectivity index is 1.78. The summed E-state index contributed by atoms with van der Waals surface area (Å²) in [5, 5.41) is 3.56. The van der Waals surface area contributed by atoms with Crippen molar-refractivity contribution >= 4 is 16.7 Å². The number of hydrogen-bond donors (Lipinski definition) is 2. The van der Waals surface area contributed by atoms with Crippen molar-refractivity contribution < 1.29 is 0 Å². The van der Waals surface area contributed by atoms with Crippen LogP contribution in [0.1, 0.15) is 25.7 Å². The van der Waals surface area contributed by atoms with E-state index in [4.69, 9.17) is 5.73 Å². The van der Waals surface area contributed by atoms with E-state index in [-0.39, 0.29) is 0 Å². The van der Waals surface area contributed by atoms with Crippen molar-refractivity contribution in [2.24, 2.45) is 5.73 Å². The van der Waals surface area contributed by atoms with E-state index in [1.54, 1.807) is 12.4 Å². The van der Waals surface area contributed by atoms with Crippen LogP contribution in [0.5, 0.6) is 0 Å². The Kier molecular flexibility index (Phi) is 3.11. The highest BCUT2D eigenvalue weighted by Gasteiger charge is 2.18. The molecule has 0 aliphatic heterocycles. The molecule has 0 amide bonds. The molecular formula is C14H18N4. The minimum Gasteiger partial charge on any atom is -0.382 e. The van der Waals surface area contributed by atoms with Gasteiger partial charge in [0.25, 0.3) is 0 Å². The van der Waals surface area contributed by atoms with E-state index in [2.05, 4.69) is 27.4 Å². The molecule has 2 atom stereocenters. The van der Waals surface area contributed by atoms with E-state index in [0.717, 1.165) is 29.6 Å². The van der Waals surface area contributed by atoms with Crippen molar-refractivity contribution in [1.82, 2.24) is 9.97 Å². The van der Waals surface area contributed by atoms with Crippen LogP contribution < -0.4 is 11.1 Å². The SMILES string of the molecule is NC1CCCC(Nc2ccc3nccnc3c2)C1. The predicted octanol–water partition coefficient (Wildman–Crippen LogP) is 2.31. The minimum atomic E-state index is 0.344. The summed E-state index contributed by atoms with van der Waals surface area (Å²) in [6.45, 7) is 0. The molecule has 1 saturated carbocycles. The van der Waals surface area contributed by atoms with Crippen LogP contribution >= 0.6 is 0 Å². The second kappa shape index (κ2) is 4.90. The maximum absolute atomic E-state index is 6.01. The summed E-state index contributed by atoms with van der Waals surface area (Å²) in [5.41, 5.74) is 8.99. The van der Waals surface area contributed by atoms with Crippen LogP contribution in [-0.2, 0) is 0 Å². The number of hydrogen-bond acceptors (Lipinski definition) is 4. The number of rotatable bonds is 2. The largest absolute Gasteiger partial charge is 0.382 e. The van der Waals surface area contributed by atoms with Crippen molar-refractivity contribution in [3.05, 3.63) is 30.6 Å². The van der Waals surface area contributed by atoms with Crippen LogP contribution in [0, 0.1) is 0 Å². The van der Waals surface area contributed by atoms with Crippen LogP contribution in [0.3, 0.4) is 0 Å². The Labute approximate surface area is 107 Å². The van der Waals surface area contributed by atoms with Crippen LogP contribution in [-0.4, -0.2) is 22.1 Å². The zero-order chi connectivity index (χ0) is 12.4. The number of nitrogens with zero attached hydrogens (tertiary/aromatic N) is 2. The van der Waals surface area contributed by atoms with Gasteiger partial charge in [-0.25, -0.2) is 0 Å². The lowest BCUT2D eigenvalue weighted by atomic mass is 9.91. The molecule has 0 radical (unpaired) electrons. The quantitative estimate of drug-likeness (QED) is 0.848. The van der Waals surface area contributed by atoms with Gasteiger partial charge in [0.1, 0.15) is 0 Å². The number of benzene rings is 1. The fourth-order valence-corrected chi connectivity index (χ4v) is 2.65. The highest BCUT2D eigenvalue weighted by Crippen LogP contribution is 2.22. The zero-order valence-electron chi connectivity index (χ0n) is 10.3. The summed E-state index contributed by atoms with van der Waals surface area (Å²) in [6, 6.07) is 6.96. The summed E-state index contributed by atoms with van der Waals surface area (Å²) in [4.78, 5) is 8.59. The molecule has 0 bridgehead atoms. The van der Waals surface area contributed by atoms with Crippen molar-refractivity contribution in [3.63, 3.8) is 0 Å². The standard InChI is InChI=1S/C14H18N4/c15-10-2-1-3-11(8-10)18-12-4-5-13-14(9-12)17-7-6-16-13/h4-7,9-11,18H,1-3,8,15H2. The molecule has 1 aliphatic carbocycles. The average molecular weight is 242 g/mol. The molecule has 3 N–H and O–H groups in total. The van der Waals surface area contributed by atoms with Crippen LogP contribution in [0.4, 0.5) is 5.69 Å². The minimum absolute atomic E-state index is 0.344. The Morgan fingerprint density at radius 3 is 2.78 bits per heavy atom. The zero-order valence-corrected chi connectivity index (χ0v) is 10.3. The molecule has 2 unspecified atom stereocenters. The first-order valence-corrected chi connectivity index (χ1v) is 6.54. The van der Waals surface area contributed by atoms with Gasteiger partial charge in [-0.15, -0.1) is 0 Å². The second-order valence-electron chi connectivity index (χ2n) is 5.03. The number of anilines is 1. The van der Waals surface area contributed by atoms with E-state index in [1.165, 1.54) is 12.8 Å². The first-order valence-electron chi connectivity index (χ1n) is 6.54. The second-order valence-corrected chi connectivity index (χ2v) is 5.03. The Hall–Kier alpha value is -1.68. The third-order valence-corrected chi connectivity index (χ3v) is 3.55. The van der Waals surface area contributed by atoms with Gasteiger partial charge in [0, 0.05) is 30.2 Å². The van der Waals surface area contributed by atoms with E-state index in [0.29, 0.717) is 12.1 Å². The summed E-state index contributed by atoms with van der Waals surface area (Å²) in [5.74, 6) is 0. The summed E-state index contributed by atoms with van der Waals surface area (Å²) >= 11 is 0. The van der Waals surface area contributed by atoms with Gasteiger partial charge in [-0.05, 0) is 43.9 Å².